The van der Waals surface area contributed by atoms with Crippen molar-refractivity contribution in [3.8, 4) is 0 Å². The van der Waals surface area contributed by atoms with Crippen LogP contribution in [-0.2, 0) is 21.3 Å². The van der Waals surface area contributed by atoms with Crippen molar-refractivity contribution in [1.29, 1.82) is 0 Å². The molecule has 158 valence electrons. The van der Waals surface area contributed by atoms with Crippen LogP contribution in [0.3, 0.4) is 0 Å². The zero-order valence-electron chi connectivity index (χ0n) is 16.3. The van der Waals surface area contributed by atoms with Crippen molar-refractivity contribution < 1.29 is 26.7 Å². The smallest absolute Gasteiger partial charge is 0.342 e. The molecule has 1 aromatic heterocycles. The van der Waals surface area contributed by atoms with E-state index in [1.165, 1.54) is 15.2 Å². The van der Waals surface area contributed by atoms with E-state index in [4.69, 9.17) is 4.74 Å². The predicted molar refractivity (Wildman–Crippen MR) is 101 cm³/mol. The molecule has 0 N–H and O–H groups in total. The van der Waals surface area contributed by atoms with Crippen molar-refractivity contribution >= 4 is 16.0 Å². The highest BCUT2D eigenvalue weighted by Crippen LogP contribution is 2.25. The zero-order valence-corrected chi connectivity index (χ0v) is 17.1. The molecule has 0 saturated carbocycles. The van der Waals surface area contributed by atoms with E-state index in [0.717, 1.165) is 31.0 Å². The number of carbonyl (C=O) groups is 1. The lowest BCUT2D eigenvalue weighted by Crippen LogP contribution is -2.39. The number of esters is 1. The molecule has 1 atom stereocenters. The quantitative estimate of drug-likeness (QED) is 0.662. The van der Waals surface area contributed by atoms with Gasteiger partial charge in [0.2, 0.25) is 5.03 Å². The molecule has 1 saturated heterocycles. The number of hydrogen-bond donors (Lipinski definition) is 0. The largest absolute Gasteiger partial charge is 0.462 e. The van der Waals surface area contributed by atoms with Gasteiger partial charge >= 0.3 is 5.97 Å². The van der Waals surface area contributed by atoms with Gasteiger partial charge in [-0.1, -0.05) is 6.92 Å². The minimum Gasteiger partial charge on any atom is -0.462 e. The Balaban J connectivity index is 1.99. The van der Waals surface area contributed by atoms with Crippen molar-refractivity contribution in [2.75, 3.05) is 19.7 Å². The van der Waals surface area contributed by atoms with Gasteiger partial charge in [-0.15, -0.1) is 0 Å². The Hall–Kier alpha value is -2.33. The highest BCUT2D eigenvalue weighted by atomic mass is 32.2. The van der Waals surface area contributed by atoms with Crippen LogP contribution in [0.15, 0.2) is 29.4 Å². The predicted octanol–water partition coefficient (Wildman–Crippen LogP) is 2.81. The number of rotatable bonds is 6. The Morgan fingerprint density at radius 2 is 1.97 bits per heavy atom. The van der Waals surface area contributed by atoms with E-state index in [9.17, 15) is 22.0 Å². The van der Waals surface area contributed by atoms with E-state index >= 15 is 0 Å². The second-order valence-corrected chi connectivity index (χ2v) is 9.01. The normalized spacial score (nSPS) is 18.0. The fraction of sp³-hybridized carbons (Fsp3) is 0.474. The minimum atomic E-state index is -4.02. The van der Waals surface area contributed by atoms with Crippen molar-refractivity contribution in [3.63, 3.8) is 0 Å². The van der Waals surface area contributed by atoms with E-state index in [2.05, 4.69) is 5.10 Å². The first-order valence-electron chi connectivity index (χ1n) is 9.40. The van der Waals surface area contributed by atoms with Gasteiger partial charge in [0.05, 0.1) is 13.2 Å². The van der Waals surface area contributed by atoms with E-state index in [1.54, 1.807) is 6.92 Å². The monoisotopic (exact) mass is 427 g/mol. The summed E-state index contributed by atoms with van der Waals surface area (Å²) < 4.78 is 60.7. The highest BCUT2D eigenvalue weighted by molar-refractivity contribution is 7.89. The summed E-state index contributed by atoms with van der Waals surface area (Å²) in [6.45, 7) is 4.22. The van der Waals surface area contributed by atoms with E-state index < -0.39 is 32.7 Å². The van der Waals surface area contributed by atoms with Gasteiger partial charge in [-0.25, -0.2) is 22.0 Å². The average Bonchev–Trinajstić information content (AvgIpc) is 3.06. The number of halogens is 2. The van der Waals surface area contributed by atoms with Gasteiger partial charge < -0.3 is 4.74 Å². The van der Waals surface area contributed by atoms with Crippen LogP contribution in [0.1, 0.15) is 42.6 Å². The van der Waals surface area contributed by atoms with Crippen LogP contribution in [-0.4, -0.2) is 48.2 Å². The maximum atomic E-state index is 13.5. The third-order valence-corrected chi connectivity index (χ3v) is 6.50. The number of ether oxygens (including phenoxy) is 1. The van der Waals surface area contributed by atoms with Gasteiger partial charge in [-0.05, 0) is 43.4 Å². The van der Waals surface area contributed by atoms with Gasteiger partial charge in [0.25, 0.3) is 10.0 Å². The molecule has 3 rings (SSSR count). The van der Waals surface area contributed by atoms with E-state index in [0.29, 0.717) is 13.1 Å². The van der Waals surface area contributed by atoms with Gasteiger partial charge in [0.15, 0.2) is 0 Å². The Kier molecular flexibility index (Phi) is 6.33. The molecule has 0 spiro atoms. The number of sulfonamides is 1. The van der Waals surface area contributed by atoms with Crippen molar-refractivity contribution in [1.82, 2.24) is 14.1 Å². The number of nitrogens with zero attached hydrogens (tertiary/aromatic N) is 3. The third kappa shape index (κ3) is 4.81. The van der Waals surface area contributed by atoms with Crippen LogP contribution in [0.4, 0.5) is 8.78 Å². The molecule has 1 aromatic carbocycles. The molecule has 2 aromatic rings. The maximum Gasteiger partial charge on any atom is 0.342 e. The molecular weight excluding hydrogens is 404 g/mol. The van der Waals surface area contributed by atoms with Gasteiger partial charge in [-0.2, -0.15) is 9.40 Å². The highest BCUT2D eigenvalue weighted by Gasteiger charge is 2.35. The van der Waals surface area contributed by atoms with Crippen LogP contribution in [0.2, 0.25) is 0 Å². The Bertz CT molecular complexity index is 987. The molecule has 1 fully saturated rings. The molecule has 1 unspecified atom stereocenters. The molecule has 0 aliphatic carbocycles. The Labute approximate surface area is 168 Å². The molecule has 1 aliphatic rings. The fourth-order valence-electron chi connectivity index (χ4n) is 3.40. The van der Waals surface area contributed by atoms with E-state index in [1.807, 2.05) is 6.92 Å². The van der Waals surface area contributed by atoms with Crippen molar-refractivity contribution in [2.45, 2.75) is 38.3 Å². The molecule has 10 heteroatoms. The number of carbonyl (C=O) groups excluding carboxylic acids is 1. The van der Waals surface area contributed by atoms with E-state index in [-0.39, 0.29) is 30.2 Å². The summed E-state index contributed by atoms with van der Waals surface area (Å²) >= 11 is 0. The summed E-state index contributed by atoms with van der Waals surface area (Å²) in [6.07, 6.45) is 2.88. The lowest BCUT2D eigenvalue weighted by Gasteiger charge is -2.29. The topological polar surface area (TPSA) is 81.5 Å². The van der Waals surface area contributed by atoms with Crippen LogP contribution in [0.5, 0.6) is 0 Å². The summed E-state index contributed by atoms with van der Waals surface area (Å²) in [4.78, 5) is 12.4. The van der Waals surface area contributed by atoms with Crippen LogP contribution in [0, 0.1) is 17.6 Å². The molecule has 0 amide bonds. The maximum absolute atomic E-state index is 13.5. The number of piperidine rings is 1. The van der Waals surface area contributed by atoms with Crippen molar-refractivity contribution in [3.05, 3.63) is 47.2 Å². The molecule has 2 heterocycles. The second kappa shape index (κ2) is 8.58. The SMILES string of the molecule is CCOC(=O)c1cn(Cc2cc(F)cc(F)c2)nc1S(=O)(=O)N1CCCC(C)C1. The molecule has 0 bridgehead atoms. The number of benzene rings is 1. The number of hydrogen-bond acceptors (Lipinski definition) is 5. The molecule has 29 heavy (non-hydrogen) atoms. The Morgan fingerprint density at radius 3 is 2.59 bits per heavy atom. The molecule has 1 aliphatic heterocycles. The average molecular weight is 427 g/mol. The first-order valence-corrected chi connectivity index (χ1v) is 10.8. The summed E-state index contributed by atoms with van der Waals surface area (Å²) in [5.41, 5.74) is 0.0536. The van der Waals surface area contributed by atoms with Crippen molar-refractivity contribution in [2.24, 2.45) is 5.92 Å². The van der Waals surface area contributed by atoms with Gasteiger partial charge in [0.1, 0.15) is 17.2 Å². The lowest BCUT2D eigenvalue weighted by atomic mass is 10.0. The summed E-state index contributed by atoms with van der Waals surface area (Å²) in [7, 11) is -4.02. The van der Waals surface area contributed by atoms with Gasteiger partial charge in [-0.3, -0.25) is 4.68 Å². The fourth-order valence-corrected chi connectivity index (χ4v) is 5.09. The van der Waals surface area contributed by atoms with Crippen LogP contribution < -0.4 is 0 Å². The lowest BCUT2D eigenvalue weighted by molar-refractivity contribution is 0.0521. The van der Waals surface area contributed by atoms with Crippen LogP contribution in [0.25, 0.3) is 0 Å². The summed E-state index contributed by atoms with van der Waals surface area (Å²) in [6, 6.07) is 2.98. The molecule has 0 radical (unpaired) electrons. The second-order valence-electron chi connectivity index (χ2n) is 7.15. The third-order valence-electron chi connectivity index (χ3n) is 4.69. The first-order chi connectivity index (χ1) is 13.7. The zero-order chi connectivity index (χ0) is 21.2. The van der Waals surface area contributed by atoms with Crippen LogP contribution >= 0.6 is 0 Å². The first kappa shape index (κ1) is 21.4. The Morgan fingerprint density at radius 1 is 1.28 bits per heavy atom. The molecular formula is C19H23F2N3O4S. The number of aromatic nitrogens is 2. The summed E-state index contributed by atoms with van der Waals surface area (Å²) in [5.74, 6) is -2.13. The molecule has 7 nitrogen and oxygen atoms in total. The summed E-state index contributed by atoms with van der Waals surface area (Å²) in [5, 5.41) is 3.68. The minimum absolute atomic E-state index is 0.0688. The van der Waals surface area contributed by atoms with Gasteiger partial charge in [0, 0.05) is 25.4 Å². The standard InChI is InChI=1S/C19H23F2N3O4S/c1-3-28-19(25)17-12-23(11-14-7-15(20)9-16(21)8-14)22-18(17)29(26,27)24-6-4-5-13(2)10-24/h7-9,12-13H,3-6,10-11H2,1-2H3.